The lowest BCUT2D eigenvalue weighted by molar-refractivity contribution is 0.486. The first-order valence-corrected chi connectivity index (χ1v) is 21.1. The number of hydrogen-bond acceptors (Lipinski definition) is 6. The van der Waals surface area contributed by atoms with Gasteiger partial charge < -0.3 is 28.1 Å². The quantitative estimate of drug-likeness (QED) is 0.163. The van der Waals surface area contributed by atoms with Crippen molar-refractivity contribution in [3.05, 3.63) is 182 Å². The summed E-state index contributed by atoms with van der Waals surface area (Å²) in [5.41, 5.74) is 16.7. The Morgan fingerprint density at radius 3 is 1.24 bits per heavy atom. The Bertz CT molecular complexity index is 3510. The van der Waals surface area contributed by atoms with Gasteiger partial charge in [-0.1, -0.05) is 115 Å². The second-order valence-corrected chi connectivity index (χ2v) is 16.7. The zero-order valence-electron chi connectivity index (χ0n) is 33.0. The van der Waals surface area contributed by atoms with Crippen LogP contribution in [0.2, 0.25) is 0 Å². The molecule has 0 bridgehead atoms. The summed E-state index contributed by atoms with van der Waals surface area (Å²) >= 11 is 0. The first-order valence-electron chi connectivity index (χ1n) is 21.1. The predicted molar refractivity (Wildman–Crippen MR) is 253 cm³/mol. The van der Waals surface area contributed by atoms with Crippen molar-refractivity contribution in [2.24, 2.45) is 0 Å². The molecular weight excluding hydrogens is 762 g/mol. The largest absolute Gasteiger partial charge is 0.458 e. The van der Waals surface area contributed by atoms with E-state index in [2.05, 4.69) is 180 Å². The molecular formula is C54H30B2N2O4. The minimum absolute atomic E-state index is 0.135. The summed E-state index contributed by atoms with van der Waals surface area (Å²) in [6.07, 6.45) is 0. The molecule has 8 heteroatoms. The van der Waals surface area contributed by atoms with Gasteiger partial charge in [-0.25, -0.2) is 0 Å². The van der Waals surface area contributed by atoms with Crippen LogP contribution in [-0.4, -0.2) is 13.4 Å². The van der Waals surface area contributed by atoms with Crippen molar-refractivity contribution in [3.8, 4) is 23.0 Å². The third-order valence-electron chi connectivity index (χ3n) is 13.5. The molecule has 286 valence electrons. The third kappa shape index (κ3) is 4.16. The van der Waals surface area contributed by atoms with Crippen LogP contribution in [0.3, 0.4) is 0 Å². The normalized spacial score (nSPS) is 13.9. The van der Waals surface area contributed by atoms with Crippen LogP contribution >= 0.6 is 0 Å². The van der Waals surface area contributed by atoms with E-state index in [0.717, 1.165) is 123 Å². The first-order chi connectivity index (χ1) is 30.8. The van der Waals surface area contributed by atoms with Crippen LogP contribution in [0.5, 0.6) is 23.0 Å². The van der Waals surface area contributed by atoms with Gasteiger partial charge in [0, 0.05) is 45.7 Å². The molecule has 4 aliphatic heterocycles. The number of rotatable bonds is 2. The molecule has 0 radical (unpaired) electrons. The molecule has 62 heavy (non-hydrogen) atoms. The van der Waals surface area contributed by atoms with Gasteiger partial charge in [0.2, 0.25) is 0 Å². The summed E-state index contributed by atoms with van der Waals surface area (Å²) in [6, 6.07) is 64.5. The number of nitrogens with zero attached hydrogens (tertiary/aromatic N) is 2. The fraction of sp³-hybridized carbons (Fsp3) is 0. The van der Waals surface area contributed by atoms with E-state index in [-0.39, 0.29) is 13.4 Å². The third-order valence-corrected chi connectivity index (χ3v) is 13.5. The second kappa shape index (κ2) is 11.8. The fourth-order valence-corrected chi connectivity index (χ4v) is 11.1. The maximum absolute atomic E-state index is 6.92. The highest BCUT2D eigenvalue weighted by Gasteiger charge is 2.48. The van der Waals surface area contributed by atoms with Crippen LogP contribution in [0.25, 0.3) is 43.9 Å². The molecule has 0 fully saturated rings. The lowest BCUT2D eigenvalue weighted by Crippen LogP contribution is -2.63. The summed E-state index contributed by atoms with van der Waals surface area (Å²) in [7, 11) is 0. The summed E-state index contributed by atoms with van der Waals surface area (Å²) < 4.78 is 27.2. The SMILES string of the molecule is c1ccc(N2c3cc4c(cc3B3c5ccccc5Oc5cc6oc7ccccc7c6c2c53)B2c3ccccc3Oc3cc5oc6ccccc6c5c(c32)N4c2ccccc2)cc1. The first kappa shape index (κ1) is 32.7. The summed E-state index contributed by atoms with van der Waals surface area (Å²) in [5.74, 6) is 3.33. The fourth-order valence-electron chi connectivity index (χ4n) is 11.1. The van der Waals surface area contributed by atoms with Crippen molar-refractivity contribution in [3.63, 3.8) is 0 Å². The molecule has 4 aliphatic rings. The minimum atomic E-state index is -0.135. The standard InChI is InChI=1S/C54H30B2N2O4/c1-3-15-31(16-4-1)57-39-28-40-38(27-37(39)55-35-21-9-13-25-43(35)61-47-29-45-49(53(57)51(47)55)33-19-7-11-23-41(33)59-45)56-36-22-10-14-26-44(36)62-48-30-46-50(34-20-8-12-24-42(34)60-46)54(52(48)56)58(40)32-17-5-2-6-18-32/h1-30H. The zero-order valence-corrected chi connectivity index (χ0v) is 33.0. The molecule has 15 rings (SSSR count). The molecule has 2 aromatic heterocycles. The van der Waals surface area contributed by atoms with Gasteiger partial charge in [0.25, 0.3) is 13.4 Å². The summed E-state index contributed by atoms with van der Waals surface area (Å²) in [6.45, 7) is -0.269. The van der Waals surface area contributed by atoms with Crippen LogP contribution in [0.1, 0.15) is 0 Å². The van der Waals surface area contributed by atoms with Crippen molar-refractivity contribution >= 4 is 124 Å². The van der Waals surface area contributed by atoms with E-state index in [4.69, 9.17) is 18.3 Å². The van der Waals surface area contributed by atoms with E-state index in [9.17, 15) is 0 Å². The van der Waals surface area contributed by atoms with E-state index in [0.29, 0.717) is 0 Å². The molecule has 9 aromatic carbocycles. The van der Waals surface area contributed by atoms with Crippen LogP contribution in [0.4, 0.5) is 34.1 Å². The van der Waals surface area contributed by atoms with Crippen LogP contribution < -0.4 is 52.1 Å². The summed E-state index contributed by atoms with van der Waals surface area (Å²) in [5, 5.41) is 4.28. The van der Waals surface area contributed by atoms with Crippen molar-refractivity contribution in [1.29, 1.82) is 0 Å². The molecule has 0 N–H and O–H groups in total. The van der Waals surface area contributed by atoms with Gasteiger partial charge >= 0.3 is 0 Å². The Morgan fingerprint density at radius 1 is 0.339 bits per heavy atom. The van der Waals surface area contributed by atoms with Gasteiger partial charge in [-0.15, -0.1) is 0 Å². The molecule has 6 heterocycles. The molecule has 0 saturated heterocycles. The van der Waals surface area contributed by atoms with Crippen LogP contribution in [-0.2, 0) is 0 Å². The van der Waals surface area contributed by atoms with E-state index >= 15 is 0 Å². The van der Waals surface area contributed by atoms with Crippen molar-refractivity contribution < 1.29 is 18.3 Å². The van der Waals surface area contributed by atoms with Crippen molar-refractivity contribution in [1.82, 2.24) is 0 Å². The highest BCUT2D eigenvalue weighted by molar-refractivity contribution is 7.02. The Morgan fingerprint density at radius 2 is 0.758 bits per heavy atom. The molecule has 11 aromatic rings. The Labute approximate surface area is 355 Å². The number of benzene rings is 9. The van der Waals surface area contributed by atoms with Gasteiger partial charge in [0.1, 0.15) is 45.3 Å². The monoisotopic (exact) mass is 792 g/mol. The Hall–Kier alpha value is -8.09. The molecule has 6 nitrogen and oxygen atoms in total. The number of furan rings is 2. The molecule has 0 unspecified atom stereocenters. The molecule has 0 spiro atoms. The highest BCUT2D eigenvalue weighted by atomic mass is 16.5. The predicted octanol–water partition coefficient (Wildman–Crippen LogP) is 10.3. The zero-order chi connectivity index (χ0) is 40.2. The number of para-hydroxylation sites is 6. The summed E-state index contributed by atoms with van der Waals surface area (Å²) in [4.78, 5) is 4.92. The topological polar surface area (TPSA) is 51.2 Å². The molecule has 0 saturated carbocycles. The highest BCUT2D eigenvalue weighted by Crippen LogP contribution is 2.51. The average molecular weight is 792 g/mol. The number of ether oxygens (including phenoxy) is 2. The molecule has 0 amide bonds. The second-order valence-electron chi connectivity index (χ2n) is 16.7. The van der Waals surface area contributed by atoms with Crippen LogP contribution in [0, 0.1) is 0 Å². The van der Waals surface area contributed by atoms with Crippen molar-refractivity contribution in [2.45, 2.75) is 0 Å². The smallest absolute Gasteiger partial charge is 0.256 e. The van der Waals surface area contributed by atoms with Gasteiger partial charge in [0.05, 0.1) is 22.1 Å². The minimum Gasteiger partial charge on any atom is -0.458 e. The lowest BCUT2D eigenvalue weighted by atomic mass is 9.30. The Balaban J connectivity index is 1.13. The van der Waals surface area contributed by atoms with Crippen LogP contribution in [0.15, 0.2) is 191 Å². The van der Waals surface area contributed by atoms with E-state index in [1.165, 1.54) is 10.9 Å². The number of anilines is 6. The molecule has 0 aliphatic carbocycles. The molecule has 0 atom stereocenters. The lowest BCUT2D eigenvalue weighted by Gasteiger charge is -2.44. The average Bonchev–Trinajstić information content (AvgIpc) is 3.89. The van der Waals surface area contributed by atoms with Gasteiger partial charge in [-0.2, -0.15) is 0 Å². The van der Waals surface area contributed by atoms with Gasteiger partial charge in [-0.05, 0) is 87.4 Å². The van der Waals surface area contributed by atoms with Gasteiger partial charge in [-0.3, -0.25) is 0 Å². The maximum Gasteiger partial charge on any atom is 0.256 e. The van der Waals surface area contributed by atoms with E-state index in [1.807, 2.05) is 12.1 Å². The van der Waals surface area contributed by atoms with E-state index < -0.39 is 0 Å². The number of hydrogen-bond donors (Lipinski definition) is 0. The Kier molecular flexibility index (Phi) is 6.23. The van der Waals surface area contributed by atoms with E-state index in [1.54, 1.807) is 0 Å². The number of fused-ring (bicyclic) bond motifs is 16. The maximum atomic E-state index is 6.92. The van der Waals surface area contributed by atoms with Crippen molar-refractivity contribution in [2.75, 3.05) is 9.80 Å². The van der Waals surface area contributed by atoms with Gasteiger partial charge in [0.15, 0.2) is 0 Å².